The monoisotopic (exact) mass is 419 g/mol. The average molecular weight is 419 g/mol. The van der Waals surface area contributed by atoms with Crippen LogP contribution in [0, 0.1) is 6.92 Å². The zero-order valence-electron chi connectivity index (χ0n) is 17.3. The van der Waals surface area contributed by atoms with Gasteiger partial charge < -0.3 is 15.1 Å². The Morgan fingerprint density at radius 2 is 1.81 bits per heavy atom. The Morgan fingerprint density at radius 1 is 1.10 bits per heavy atom. The zero-order chi connectivity index (χ0) is 22.3. The van der Waals surface area contributed by atoms with Crippen LogP contribution in [0.3, 0.4) is 0 Å². The van der Waals surface area contributed by atoms with E-state index in [1.54, 1.807) is 19.1 Å². The van der Waals surface area contributed by atoms with Gasteiger partial charge >= 0.3 is 11.7 Å². The third-order valence-electron chi connectivity index (χ3n) is 5.38. The van der Waals surface area contributed by atoms with Crippen molar-refractivity contribution in [2.24, 2.45) is 0 Å². The number of fused-ring (bicyclic) bond motifs is 1. The molecule has 1 aliphatic rings. The maximum Gasteiger partial charge on any atom is 0.336 e. The lowest BCUT2D eigenvalue weighted by atomic mass is 9.91. The summed E-state index contributed by atoms with van der Waals surface area (Å²) in [4.78, 5) is 50.4. The molecule has 2 aromatic carbocycles. The molecule has 1 aromatic heterocycles. The number of hydrogen-bond donors (Lipinski definition) is 2. The third-order valence-corrected chi connectivity index (χ3v) is 5.38. The van der Waals surface area contributed by atoms with Crippen LogP contribution in [0.1, 0.15) is 30.5 Å². The summed E-state index contributed by atoms with van der Waals surface area (Å²) >= 11 is 0. The molecule has 0 bridgehead atoms. The summed E-state index contributed by atoms with van der Waals surface area (Å²) in [6.45, 7) is 4.89. The fourth-order valence-corrected chi connectivity index (χ4v) is 3.74. The van der Waals surface area contributed by atoms with Gasteiger partial charge in [0.2, 0.25) is 5.91 Å². The molecular weight excluding hydrogens is 398 g/mol. The van der Waals surface area contributed by atoms with Crippen molar-refractivity contribution in [1.82, 2.24) is 10.2 Å². The summed E-state index contributed by atoms with van der Waals surface area (Å²) in [5.41, 5.74) is 1.11. The molecule has 4 amide bonds. The molecule has 0 saturated carbocycles. The minimum atomic E-state index is -1.20. The normalized spacial score (nSPS) is 18.4. The number of imide groups is 1. The smallest absolute Gasteiger partial charge is 0.336 e. The van der Waals surface area contributed by atoms with Crippen LogP contribution in [0.5, 0.6) is 0 Å². The highest BCUT2D eigenvalue weighted by molar-refractivity contribution is 6.07. The summed E-state index contributed by atoms with van der Waals surface area (Å²) in [5, 5.41) is 5.96. The molecule has 0 spiro atoms. The van der Waals surface area contributed by atoms with E-state index in [1.807, 2.05) is 31.2 Å². The van der Waals surface area contributed by atoms with Crippen LogP contribution in [0.25, 0.3) is 11.0 Å². The number of anilines is 1. The van der Waals surface area contributed by atoms with Crippen molar-refractivity contribution >= 4 is 34.5 Å². The molecule has 8 nitrogen and oxygen atoms in total. The lowest BCUT2D eigenvalue weighted by molar-refractivity contribution is -0.131. The van der Waals surface area contributed by atoms with Gasteiger partial charge in [0.25, 0.3) is 5.91 Å². The van der Waals surface area contributed by atoms with Crippen molar-refractivity contribution in [3.8, 4) is 0 Å². The van der Waals surface area contributed by atoms with Crippen LogP contribution >= 0.6 is 0 Å². The topological polar surface area (TPSA) is 109 Å². The minimum absolute atomic E-state index is 0.0896. The Hall–Kier alpha value is -3.94. The van der Waals surface area contributed by atoms with E-state index in [1.165, 1.54) is 19.1 Å². The van der Waals surface area contributed by atoms with E-state index in [-0.39, 0.29) is 18.0 Å². The predicted octanol–water partition coefficient (Wildman–Crippen LogP) is 3.03. The predicted molar refractivity (Wildman–Crippen MR) is 114 cm³/mol. The molecule has 1 atom stereocenters. The van der Waals surface area contributed by atoms with E-state index in [0.29, 0.717) is 22.2 Å². The Morgan fingerprint density at radius 3 is 2.48 bits per heavy atom. The van der Waals surface area contributed by atoms with Gasteiger partial charge in [0.05, 0.1) is 6.54 Å². The van der Waals surface area contributed by atoms with Crippen LogP contribution in [0.4, 0.5) is 10.5 Å². The van der Waals surface area contributed by atoms with E-state index in [4.69, 9.17) is 4.42 Å². The highest BCUT2D eigenvalue weighted by Gasteiger charge is 2.49. The number of aryl methyl sites for hydroxylation is 1. The summed E-state index contributed by atoms with van der Waals surface area (Å²) in [6, 6.07) is 13.0. The first-order valence-electron chi connectivity index (χ1n) is 9.73. The Kier molecular flexibility index (Phi) is 4.85. The maximum absolute atomic E-state index is 13.2. The SMILES string of the molecule is CC(=O)Nc1ccc2c(CN3C(=O)N[C@@](C)(c4ccc(C)cc4)C3=O)cc(=O)oc2c1. The summed E-state index contributed by atoms with van der Waals surface area (Å²) in [6.07, 6.45) is 0. The first-order chi connectivity index (χ1) is 14.7. The van der Waals surface area contributed by atoms with Gasteiger partial charge in [-0.1, -0.05) is 29.8 Å². The van der Waals surface area contributed by atoms with Gasteiger partial charge in [0, 0.05) is 30.1 Å². The Labute approximate surface area is 177 Å². The molecule has 2 N–H and O–H groups in total. The second-order valence-electron chi connectivity index (χ2n) is 7.80. The number of urea groups is 1. The summed E-state index contributed by atoms with van der Waals surface area (Å²) in [5.74, 6) is -0.662. The van der Waals surface area contributed by atoms with Gasteiger partial charge in [0.1, 0.15) is 11.1 Å². The van der Waals surface area contributed by atoms with Gasteiger partial charge in [-0.3, -0.25) is 14.5 Å². The van der Waals surface area contributed by atoms with Crippen molar-refractivity contribution in [2.75, 3.05) is 5.32 Å². The summed E-state index contributed by atoms with van der Waals surface area (Å²) in [7, 11) is 0. The molecule has 1 fully saturated rings. The number of amides is 4. The lowest BCUT2D eigenvalue weighted by Gasteiger charge is -2.22. The third kappa shape index (κ3) is 3.68. The van der Waals surface area contributed by atoms with Crippen LogP contribution in [0.15, 0.2) is 57.7 Å². The van der Waals surface area contributed by atoms with Gasteiger partial charge in [0.15, 0.2) is 0 Å². The van der Waals surface area contributed by atoms with Crippen molar-refractivity contribution in [2.45, 2.75) is 32.9 Å². The molecule has 1 aliphatic heterocycles. The molecule has 31 heavy (non-hydrogen) atoms. The molecular formula is C23H21N3O5. The number of nitrogens with zero attached hydrogens (tertiary/aromatic N) is 1. The van der Waals surface area contributed by atoms with Crippen LogP contribution in [0.2, 0.25) is 0 Å². The standard InChI is InChI=1S/C23H21N3O5/c1-13-4-6-16(7-5-13)23(3)21(29)26(22(30)25-23)12-15-10-20(28)31-19-11-17(24-14(2)27)8-9-18(15)19/h4-11H,12H2,1-3H3,(H,24,27)(H,25,30)/t23-/m0/s1. The van der Waals surface area contributed by atoms with Crippen LogP contribution in [-0.2, 0) is 21.7 Å². The van der Waals surface area contributed by atoms with Gasteiger partial charge in [-0.2, -0.15) is 0 Å². The van der Waals surface area contributed by atoms with Crippen LogP contribution in [-0.4, -0.2) is 22.7 Å². The average Bonchev–Trinajstić information content (AvgIpc) is 2.91. The molecule has 1 saturated heterocycles. The number of carbonyl (C=O) groups is 3. The first-order valence-corrected chi connectivity index (χ1v) is 9.73. The molecule has 0 aliphatic carbocycles. The first kappa shape index (κ1) is 20.3. The van der Waals surface area contributed by atoms with E-state index in [2.05, 4.69) is 10.6 Å². The van der Waals surface area contributed by atoms with E-state index >= 15 is 0 Å². The molecule has 0 unspecified atom stereocenters. The number of benzene rings is 2. The fraction of sp³-hybridized carbons (Fsp3) is 0.217. The second kappa shape index (κ2) is 7.39. The Balaban J connectivity index is 1.69. The van der Waals surface area contributed by atoms with E-state index in [0.717, 1.165) is 10.5 Å². The maximum atomic E-state index is 13.2. The van der Waals surface area contributed by atoms with Crippen LogP contribution < -0.4 is 16.3 Å². The fourth-order valence-electron chi connectivity index (χ4n) is 3.74. The molecule has 2 heterocycles. The lowest BCUT2D eigenvalue weighted by Crippen LogP contribution is -2.40. The van der Waals surface area contributed by atoms with Gasteiger partial charge in [-0.15, -0.1) is 0 Å². The van der Waals surface area contributed by atoms with Crippen molar-refractivity contribution in [3.63, 3.8) is 0 Å². The van der Waals surface area contributed by atoms with E-state index < -0.39 is 23.1 Å². The number of hydrogen-bond acceptors (Lipinski definition) is 5. The molecule has 3 aromatic rings. The van der Waals surface area contributed by atoms with Crippen molar-refractivity contribution in [3.05, 3.63) is 75.6 Å². The number of rotatable bonds is 4. The Bertz CT molecular complexity index is 1280. The number of carbonyl (C=O) groups excluding carboxylic acids is 3. The van der Waals surface area contributed by atoms with Crippen molar-refractivity contribution in [1.29, 1.82) is 0 Å². The van der Waals surface area contributed by atoms with Crippen molar-refractivity contribution < 1.29 is 18.8 Å². The molecule has 158 valence electrons. The molecule has 4 rings (SSSR count). The summed E-state index contributed by atoms with van der Waals surface area (Å²) < 4.78 is 5.25. The molecule has 0 radical (unpaired) electrons. The van der Waals surface area contributed by atoms with Gasteiger partial charge in [-0.25, -0.2) is 9.59 Å². The molecule has 8 heteroatoms. The largest absolute Gasteiger partial charge is 0.423 e. The number of nitrogens with one attached hydrogen (secondary N) is 2. The van der Waals surface area contributed by atoms with E-state index in [9.17, 15) is 19.2 Å². The highest BCUT2D eigenvalue weighted by atomic mass is 16.4. The van der Waals surface area contributed by atoms with Gasteiger partial charge in [-0.05, 0) is 37.1 Å². The zero-order valence-corrected chi connectivity index (χ0v) is 17.3. The quantitative estimate of drug-likeness (QED) is 0.499. The highest BCUT2D eigenvalue weighted by Crippen LogP contribution is 2.31. The minimum Gasteiger partial charge on any atom is -0.423 e. The second-order valence-corrected chi connectivity index (χ2v) is 7.80.